The van der Waals surface area contributed by atoms with Gasteiger partial charge in [-0.2, -0.15) is 0 Å². The van der Waals surface area contributed by atoms with Gasteiger partial charge in [-0.05, 0) is 43.6 Å². The SMILES string of the molecule is CC(C)CN1CCCC2(CCN(c3cnccn3)CC2)C1. The van der Waals surface area contributed by atoms with E-state index in [2.05, 4.69) is 33.6 Å². The van der Waals surface area contributed by atoms with Gasteiger partial charge >= 0.3 is 0 Å². The largest absolute Gasteiger partial charge is 0.355 e. The minimum atomic E-state index is 0.561. The lowest BCUT2D eigenvalue weighted by Crippen LogP contribution is -2.50. The van der Waals surface area contributed by atoms with Crippen LogP contribution in [0.1, 0.15) is 39.5 Å². The Hall–Kier alpha value is -1.16. The van der Waals surface area contributed by atoms with Crippen molar-refractivity contribution in [2.45, 2.75) is 39.5 Å². The Balaban J connectivity index is 1.59. The Bertz CT molecular complexity index is 437. The Morgan fingerprint density at radius 1 is 1.14 bits per heavy atom. The molecule has 3 rings (SSSR count). The molecule has 21 heavy (non-hydrogen) atoms. The van der Waals surface area contributed by atoms with Crippen LogP contribution >= 0.6 is 0 Å². The van der Waals surface area contributed by atoms with E-state index < -0.39 is 0 Å². The molecule has 0 aliphatic carbocycles. The molecule has 0 unspecified atom stereocenters. The van der Waals surface area contributed by atoms with Crippen LogP contribution in [0.5, 0.6) is 0 Å². The summed E-state index contributed by atoms with van der Waals surface area (Å²) in [6, 6.07) is 0. The standard InChI is InChI=1S/C17H28N4/c1-15(2)13-20-9-3-4-17(14-20)5-10-21(11-6-17)16-12-18-7-8-19-16/h7-8,12,15H,3-6,9-11,13-14H2,1-2H3. The van der Waals surface area contributed by atoms with Crippen molar-refractivity contribution in [3.8, 4) is 0 Å². The molecule has 2 saturated heterocycles. The van der Waals surface area contributed by atoms with Gasteiger partial charge in [-0.25, -0.2) is 4.98 Å². The molecule has 0 saturated carbocycles. The molecule has 1 aromatic heterocycles. The Kier molecular flexibility index (Phi) is 4.43. The molecule has 2 fully saturated rings. The summed E-state index contributed by atoms with van der Waals surface area (Å²) in [5.41, 5.74) is 0.561. The van der Waals surface area contributed by atoms with E-state index in [-0.39, 0.29) is 0 Å². The van der Waals surface area contributed by atoms with E-state index >= 15 is 0 Å². The summed E-state index contributed by atoms with van der Waals surface area (Å²) in [4.78, 5) is 13.7. The molecule has 0 N–H and O–H groups in total. The normalized spacial score (nSPS) is 22.9. The maximum absolute atomic E-state index is 4.44. The van der Waals surface area contributed by atoms with Gasteiger partial charge in [0.15, 0.2) is 0 Å². The topological polar surface area (TPSA) is 32.3 Å². The molecule has 4 nitrogen and oxygen atoms in total. The second-order valence-electron chi connectivity index (χ2n) is 7.28. The third kappa shape index (κ3) is 3.54. The van der Waals surface area contributed by atoms with E-state index in [4.69, 9.17) is 0 Å². The summed E-state index contributed by atoms with van der Waals surface area (Å²) in [7, 11) is 0. The van der Waals surface area contributed by atoms with Gasteiger partial charge in [-0.3, -0.25) is 4.98 Å². The number of aromatic nitrogens is 2. The number of hydrogen-bond acceptors (Lipinski definition) is 4. The average Bonchev–Trinajstić information content (AvgIpc) is 2.48. The molecule has 0 amide bonds. The van der Waals surface area contributed by atoms with E-state index in [0.717, 1.165) is 24.8 Å². The zero-order valence-electron chi connectivity index (χ0n) is 13.5. The monoisotopic (exact) mass is 288 g/mol. The van der Waals surface area contributed by atoms with Crippen LogP contribution < -0.4 is 4.90 Å². The number of hydrogen-bond donors (Lipinski definition) is 0. The highest BCUT2D eigenvalue weighted by molar-refractivity contribution is 5.35. The highest BCUT2D eigenvalue weighted by atomic mass is 15.2. The maximum Gasteiger partial charge on any atom is 0.147 e. The van der Waals surface area contributed by atoms with E-state index in [9.17, 15) is 0 Å². The first-order valence-electron chi connectivity index (χ1n) is 8.40. The van der Waals surface area contributed by atoms with Crippen molar-refractivity contribution >= 4 is 5.82 Å². The minimum Gasteiger partial charge on any atom is -0.355 e. The Morgan fingerprint density at radius 2 is 1.95 bits per heavy atom. The van der Waals surface area contributed by atoms with Gasteiger partial charge in [-0.15, -0.1) is 0 Å². The molecule has 1 spiro atoms. The van der Waals surface area contributed by atoms with Gasteiger partial charge < -0.3 is 9.80 Å². The molecule has 0 radical (unpaired) electrons. The van der Waals surface area contributed by atoms with Gasteiger partial charge in [0.05, 0.1) is 6.20 Å². The van der Waals surface area contributed by atoms with Crippen LogP contribution in [0.3, 0.4) is 0 Å². The van der Waals surface area contributed by atoms with Crippen LogP contribution in [0.15, 0.2) is 18.6 Å². The number of likely N-dealkylation sites (tertiary alicyclic amines) is 1. The average molecular weight is 288 g/mol. The summed E-state index contributed by atoms with van der Waals surface area (Å²) in [6.07, 6.45) is 10.8. The molecule has 4 heteroatoms. The molecule has 2 aliphatic rings. The van der Waals surface area contributed by atoms with Crippen molar-refractivity contribution in [3.05, 3.63) is 18.6 Å². The van der Waals surface area contributed by atoms with E-state index in [1.165, 1.54) is 45.3 Å². The third-order valence-electron chi connectivity index (χ3n) is 5.06. The van der Waals surface area contributed by atoms with Crippen LogP contribution in [0, 0.1) is 11.3 Å². The molecule has 0 bridgehead atoms. The molecule has 3 heterocycles. The molecular formula is C17H28N4. The fourth-order valence-corrected chi connectivity index (χ4v) is 4.06. The first-order chi connectivity index (χ1) is 10.2. The van der Waals surface area contributed by atoms with E-state index in [1.54, 1.807) is 12.4 Å². The molecule has 116 valence electrons. The molecule has 0 atom stereocenters. The number of anilines is 1. The summed E-state index contributed by atoms with van der Waals surface area (Å²) in [5, 5.41) is 0. The summed E-state index contributed by atoms with van der Waals surface area (Å²) < 4.78 is 0. The quantitative estimate of drug-likeness (QED) is 0.856. The predicted molar refractivity (Wildman–Crippen MR) is 86.4 cm³/mol. The number of nitrogens with zero attached hydrogens (tertiary/aromatic N) is 4. The van der Waals surface area contributed by atoms with Crippen molar-refractivity contribution in [2.75, 3.05) is 37.6 Å². The van der Waals surface area contributed by atoms with Crippen LogP contribution in [-0.2, 0) is 0 Å². The van der Waals surface area contributed by atoms with Crippen molar-refractivity contribution < 1.29 is 0 Å². The number of rotatable bonds is 3. The van der Waals surface area contributed by atoms with E-state index in [1.807, 2.05) is 6.20 Å². The molecule has 1 aromatic rings. The van der Waals surface area contributed by atoms with Crippen LogP contribution in [0.25, 0.3) is 0 Å². The minimum absolute atomic E-state index is 0.561. The third-order valence-corrected chi connectivity index (χ3v) is 5.06. The fraction of sp³-hybridized carbons (Fsp3) is 0.765. The fourth-order valence-electron chi connectivity index (χ4n) is 4.06. The lowest BCUT2D eigenvalue weighted by molar-refractivity contribution is 0.0582. The summed E-state index contributed by atoms with van der Waals surface area (Å²) in [5.74, 6) is 1.82. The molecule has 2 aliphatic heterocycles. The van der Waals surface area contributed by atoms with Gasteiger partial charge in [0.1, 0.15) is 5.82 Å². The second kappa shape index (κ2) is 6.30. The highest BCUT2D eigenvalue weighted by Crippen LogP contribution is 2.40. The zero-order chi connectivity index (χ0) is 14.7. The van der Waals surface area contributed by atoms with Gasteiger partial charge in [0, 0.05) is 38.6 Å². The molecular weight excluding hydrogens is 260 g/mol. The van der Waals surface area contributed by atoms with Gasteiger partial charge in [0.25, 0.3) is 0 Å². The van der Waals surface area contributed by atoms with Gasteiger partial charge in [0.2, 0.25) is 0 Å². The Labute approximate surface area is 128 Å². The maximum atomic E-state index is 4.44. The van der Waals surface area contributed by atoms with Crippen LogP contribution in [0.4, 0.5) is 5.82 Å². The lowest BCUT2D eigenvalue weighted by atomic mass is 9.72. The summed E-state index contributed by atoms with van der Waals surface area (Å²) in [6.45, 7) is 10.8. The highest BCUT2D eigenvalue weighted by Gasteiger charge is 2.38. The van der Waals surface area contributed by atoms with Crippen molar-refractivity contribution in [1.82, 2.24) is 14.9 Å². The van der Waals surface area contributed by atoms with Gasteiger partial charge in [-0.1, -0.05) is 13.8 Å². The summed E-state index contributed by atoms with van der Waals surface area (Å²) >= 11 is 0. The predicted octanol–water partition coefficient (Wildman–Crippen LogP) is 2.82. The Morgan fingerprint density at radius 3 is 2.62 bits per heavy atom. The first kappa shape index (κ1) is 14.8. The smallest absolute Gasteiger partial charge is 0.147 e. The van der Waals surface area contributed by atoms with Crippen LogP contribution in [-0.4, -0.2) is 47.6 Å². The van der Waals surface area contributed by atoms with E-state index in [0.29, 0.717) is 5.41 Å². The van der Waals surface area contributed by atoms with Crippen LogP contribution in [0.2, 0.25) is 0 Å². The first-order valence-corrected chi connectivity index (χ1v) is 8.40. The zero-order valence-corrected chi connectivity index (χ0v) is 13.5. The van der Waals surface area contributed by atoms with Crippen molar-refractivity contribution in [1.29, 1.82) is 0 Å². The van der Waals surface area contributed by atoms with Crippen molar-refractivity contribution in [3.63, 3.8) is 0 Å². The second-order valence-corrected chi connectivity index (χ2v) is 7.28. The lowest BCUT2D eigenvalue weighted by Gasteiger charge is -2.48. The molecule has 0 aromatic carbocycles. The van der Waals surface area contributed by atoms with Crippen molar-refractivity contribution in [2.24, 2.45) is 11.3 Å². The number of piperidine rings is 2.